The molecule has 5 heteroatoms. The molecule has 0 heterocycles. The van der Waals surface area contributed by atoms with E-state index in [4.69, 9.17) is 11.6 Å². The number of halogens is 5. The summed E-state index contributed by atoms with van der Waals surface area (Å²) in [4.78, 5) is 0. The van der Waals surface area contributed by atoms with Crippen molar-refractivity contribution < 1.29 is 8.78 Å². The standard InChI is InChI=1S/C15H11Br2ClF2/c1-8-4-12(17)10(7-11(8)16)13(18)5-9-2-3-14(19)15(20)6-9/h2-4,6-7,13H,5H2,1H3. The van der Waals surface area contributed by atoms with E-state index in [9.17, 15) is 8.78 Å². The molecule has 0 fully saturated rings. The molecule has 1 atom stereocenters. The lowest BCUT2D eigenvalue weighted by atomic mass is 10.0. The van der Waals surface area contributed by atoms with Gasteiger partial charge < -0.3 is 0 Å². The van der Waals surface area contributed by atoms with Gasteiger partial charge in [0.1, 0.15) is 0 Å². The molecule has 0 aliphatic carbocycles. The summed E-state index contributed by atoms with van der Waals surface area (Å²) in [6, 6.07) is 7.76. The second-order valence-corrected chi connectivity index (χ2v) is 6.78. The van der Waals surface area contributed by atoms with Crippen LogP contribution in [-0.2, 0) is 6.42 Å². The Labute approximate surface area is 138 Å². The lowest BCUT2D eigenvalue weighted by Gasteiger charge is -2.14. The molecule has 0 spiro atoms. The highest BCUT2D eigenvalue weighted by Gasteiger charge is 2.15. The van der Waals surface area contributed by atoms with Crippen LogP contribution in [0, 0.1) is 18.6 Å². The van der Waals surface area contributed by atoms with Crippen LogP contribution in [0.3, 0.4) is 0 Å². The first-order chi connectivity index (χ1) is 9.38. The van der Waals surface area contributed by atoms with E-state index >= 15 is 0 Å². The van der Waals surface area contributed by atoms with Crippen molar-refractivity contribution in [2.24, 2.45) is 0 Å². The van der Waals surface area contributed by atoms with Crippen LogP contribution in [-0.4, -0.2) is 0 Å². The topological polar surface area (TPSA) is 0 Å². The van der Waals surface area contributed by atoms with Gasteiger partial charge >= 0.3 is 0 Å². The van der Waals surface area contributed by atoms with Gasteiger partial charge in [-0.15, -0.1) is 11.6 Å². The fourth-order valence-corrected chi connectivity index (χ4v) is 3.47. The number of rotatable bonds is 3. The molecule has 106 valence electrons. The van der Waals surface area contributed by atoms with Crippen LogP contribution in [0.2, 0.25) is 0 Å². The van der Waals surface area contributed by atoms with E-state index in [-0.39, 0.29) is 5.38 Å². The van der Waals surface area contributed by atoms with E-state index in [1.165, 1.54) is 6.07 Å². The van der Waals surface area contributed by atoms with Crippen LogP contribution in [0.5, 0.6) is 0 Å². The summed E-state index contributed by atoms with van der Waals surface area (Å²) in [5.74, 6) is -1.70. The van der Waals surface area contributed by atoms with Crippen LogP contribution < -0.4 is 0 Å². The molecule has 0 aliphatic rings. The molecule has 2 rings (SSSR count). The average molecular weight is 425 g/mol. The van der Waals surface area contributed by atoms with E-state index in [2.05, 4.69) is 31.9 Å². The molecule has 0 nitrogen and oxygen atoms in total. The van der Waals surface area contributed by atoms with Crippen molar-refractivity contribution in [2.45, 2.75) is 18.7 Å². The Hall–Kier alpha value is -0.450. The summed E-state index contributed by atoms with van der Waals surface area (Å²) in [5.41, 5.74) is 2.67. The molecular formula is C15H11Br2ClF2. The number of aryl methyl sites for hydroxylation is 1. The molecule has 0 N–H and O–H groups in total. The Morgan fingerprint density at radius 1 is 1.05 bits per heavy atom. The molecule has 2 aromatic carbocycles. The van der Waals surface area contributed by atoms with Gasteiger partial charge in [0.2, 0.25) is 0 Å². The lowest BCUT2D eigenvalue weighted by molar-refractivity contribution is 0.507. The van der Waals surface area contributed by atoms with Crippen molar-refractivity contribution >= 4 is 43.5 Å². The van der Waals surface area contributed by atoms with Gasteiger partial charge in [-0.3, -0.25) is 0 Å². The summed E-state index contributed by atoms with van der Waals surface area (Å²) in [5, 5.41) is -0.328. The molecule has 0 radical (unpaired) electrons. The molecule has 0 aromatic heterocycles. The monoisotopic (exact) mass is 422 g/mol. The largest absolute Gasteiger partial charge is 0.204 e. The van der Waals surface area contributed by atoms with E-state index < -0.39 is 11.6 Å². The summed E-state index contributed by atoms with van der Waals surface area (Å²) >= 11 is 13.3. The molecule has 0 saturated carbocycles. The first-order valence-corrected chi connectivity index (χ1v) is 7.94. The minimum Gasteiger partial charge on any atom is -0.204 e. The third kappa shape index (κ3) is 3.60. The number of alkyl halides is 1. The number of hydrogen-bond donors (Lipinski definition) is 0. The minimum absolute atomic E-state index is 0.328. The van der Waals surface area contributed by atoms with E-state index in [1.807, 2.05) is 19.1 Å². The third-order valence-electron chi connectivity index (χ3n) is 3.01. The summed E-state index contributed by atoms with van der Waals surface area (Å²) in [6.07, 6.45) is 0.423. The number of hydrogen-bond acceptors (Lipinski definition) is 0. The molecule has 0 amide bonds. The average Bonchev–Trinajstić information content (AvgIpc) is 2.38. The van der Waals surface area contributed by atoms with E-state index in [0.717, 1.165) is 26.1 Å². The van der Waals surface area contributed by atoms with Crippen molar-refractivity contribution in [3.8, 4) is 0 Å². The Morgan fingerprint density at radius 3 is 2.40 bits per heavy atom. The van der Waals surface area contributed by atoms with Gasteiger partial charge in [0.05, 0.1) is 5.38 Å². The Kier molecular flexibility index (Phi) is 5.21. The van der Waals surface area contributed by atoms with Crippen LogP contribution in [0.15, 0.2) is 39.3 Å². The van der Waals surface area contributed by atoms with Crippen molar-refractivity contribution in [2.75, 3.05) is 0 Å². The zero-order valence-electron chi connectivity index (χ0n) is 10.6. The van der Waals surface area contributed by atoms with E-state index in [0.29, 0.717) is 12.0 Å². The van der Waals surface area contributed by atoms with Gasteiger partial charge in [-0.1, -0.05) is 37.9 Å². The zero-order valence-corrected chi connectivity index (χ0v) is 14.5. The highest BCUT2D eigenvalue weighted by atomic mass is 79.9. The summed E-state index contributed by atoms with van der Waals surface area (Å²) in [6.45, 7) is 1.98. The maximum atomic E-state index is 13.2. The van der Waals surface area contributed by atoms with Gasteiger partial charge in [-0.25, -0.2) is 8.78 Å². The molecule has 20 heavy (non-hydrogen) atoms. The maximum Gasteiger partial charge on any atom is 0.159 e. The predicted molar refractivity (Wildman–Crippen MR) is 85.2 cm³/mol. The van der Waals surface area contributed by atoms with Crippen molar-refractivity contribution in [3.63, 3.8) is 0 Å². The van der Waals surface area contributed by atoms with Crippen molar-refractivity contribution in [1.29, 1.82) is 0 Å². The predicted octanol–water partition coefficient (Wildman–Crippen LogP) is 6.32. The minimum atomic E-state index is -0.851. The van der Waals surface area contributed by atoms with Gasteiger partial charge in [-0.2, -0.15) is 0 Å². The maximum absolute atomic E-state index is 13.2. The van der Waals surface area contributed by atoms with Crippen LogP contribution in [0.25, 0.3) is 0 Å². The fourth-order valence-electron chi connectivity index (χ4n) is 1.89. The smallest absolute Gasteiger partial charge is 0.159 e. The second kappa shape index (κ2) is 6.54. The van der Waals surface area contributed by atoms with Crippen LogP contribution in [0.1, 0.15) is 22.1 Å². The Bertz CT molecular complexity index is 644. The van der Waals surface area contributed by atoms with Gasteiger partial charge in [0, 0.05) is 8.95 Å². The summed E-state index contributed by atoms with van der Waals surface area (Å²) in [7, 11) is 0. The zero-order chi connectivity index (χ0) is 14.9. The summed E-state index contributed by atoms with van der Waals surface area (Å²) < 4.78 is 28.0. The van der Waals surface area contributed by atoms with Gasteiger partial charge in [-0.05, 0) is 54.3 Å². The molecule has 1 unspecified atom stereocenters. The van der Waals surface area contributed by atoms with Gasteiger partial charge in [0.15, 0.2) is 11.6 Å². The Morgan fingerprint density at radius 2 is 1.75 bits per heavy atom. The third-order valence-corrected chi connectivity index (χ3v) is 4.94. The molecule has 0 saturated heterocycles. The highest BCUT2D eigenvalue weighted by molar-refractivity contribution is 9.11. The van der Waals surface area contributed by atoms with Crippen molar-refractivity contribution in [1.82, 2.24) is 0 Å². The van der Waals surface area contributed by atoms with Crippen molar-refractivity contribution in [3.05, 3.63) is 67.6 Å². The first kappa shape index (κ1) is 15.9. The lowest BCUT2D eigenvalue weighted by Crippen LogP contribution is -1.99. The normalized spacial score (nSPS) is 12.5. The first-order valence-electron chi connectivity index (χ1n) is 5.92. The van der Waals surface area contributed by atoms with Gasteiger partial charge in [0.25, 0.3) is 0 Å². The second-order valence-electron chi connectivity index (χ2n) is 4.54. The quantitative estimate of drug-likeness (QED) is 0.506. The molecule has 2 aromatic rings. The fraction of sp³-hybridized carbons (Fsp3) is 0.200. The van der Waals surface area contributed by atoms with Crippen LogP contribution in [0.4, 0.5) is 8.78 Å². The SMILES string of the molecule is Cc1cc(Br)c(C(Cl)Cc2ccc(F)c(F)c2)cc1Br. The van der Waals surface area contributed by atoms with Crippen LogP contribution >= 0.6 is 43.5 Å². The highest BCUT2D eigenvalue weighted by Crippen LogP contribution is 2.34. The molecule has 0 bridgehead atoms. The van der Waals surface area contributed by atoms with E-state index in [1.54, 1.807) is 6.07 Å². The molecule has 0 aliphatic heterocycles. The molecular weight excluding hydrogens is 413 g/mol. The Balaban J connectivity index is 2.25. The number of benzene rings is 2.